The Bertz CT molecular complexity index is 304. The molecule has 0 aromatic carbocycles. The van der Waals surface area contributed by atoms with Crippen molar-refractivity contribution < 1.29 is 4.79 Å². The van der Waals surface area contributed by atoms with E-state index in [9.17, 15) is 4.79 Å². The van der Waals surface area contributed by atoms with Gasteiger partial charge in [-0.2, -0.15) is 0 Å². The van der Waals surface area contributed by atoms with Gasteiger partial charge in [0.1, 0.15) is 0 Å². The predicted octanol–water partition coefficient (Wildman–Crippen LogP) is 3.34. The zero-order chi connectivity index (χ0) is 15.1. The number of rotatable bonds is 6. The van der Waals surface area contributed by atoms with E-state index in [0.29, 0.717) is 18.3 Å². The van der Waals surface area contributed by atoms with Gasteiger partial charge >= 0.3 is 0 Å². The lowest BCUT2D eigenvalue weighted by Crippen LogP contribution is -2.37. The number of carbonyl (C=O) groups excluding carboxylic acids is 1. The second-order valence-corrected chi connectivity index (χ2v) is 7.39. The smallest absolute Gasteiger partial charge is 0.220 e. The van der Waals surface area contributed by atoms with Crippen LogP contribution in [0, 0.1) is 23.7 Å². The molecule has 0 spiro atoms. The summed E-state index contributed by atoms with van der Waals surface area (Å²) < 4.78 is 0. The maximum Gasteiger partial charge on any atom is 0.220 e. The number of carbonyl (C=O) groups is 1. The third-order valence-electron chi connectivity index (χ3n) is 5.78. The number of amides is 1. The summed E-state index contributed by atoms with van der Waals surface area (Å²) in [5.41, 5.74) is 0. The van der Waals surface area contributed by atoms with Crippen LogP contribution in [0.3, 0.4) is 0 Å². The summed E-state index contributed by atoms with van der Waals surface area (Å²) in [4.78, 5) is 12.1. The van der Waals surface area contributed by atoms with Gasteiger partial charge in [0.25, 0.3) is 0 Å². The fourth-order valence-electron chi connectivity index (χ4n) is 4.00. The zero-order valence-corrected chi connectivity index (χ0v) is 14.0. The molecule has 1 heterocycles. The van der Waals surface area contributed by atoms with Crippen molar-refractivity contribution in [2.24, 2.45) is 23.7 Å². The first-order valence-electron chi connectivity index (χ1n) is 9.16. The van der Waals surface area contributed by atoms with E-state index in [1.165, 1.54) is 44.9 Å². The van der Waals surface area contributed by atoms with Gasteiger partial charge in [0.05, 0.1) is 0 Å². The van der Waals surface area contributed by atoms with Crippen LogP contribution in [0.25, 0.3) is 0 Å². The molecule has 2 atom stereocenters. The van der Waals surface area contributed by atoms with Crippen molar-refractivity contribution in [3.63, 3.8) is 0 Å². The van der Waals surface area contributed by atoms with E-state index in [4.69, 9.17) is 0 Å². The Labute approximate surface area is 130 Å². The summed E-state index contributed by atoms with van der Waals surface area (Å²) in [6.45, 7) is 7.69. The minimum atomic E-state index is 0.269. The largest absolute Gasteiger partial charge is 0.356 e. The molecule has 2 N–H and O–H groups in total. The lowest BCUT2D eigenvalue weighted by Gasteiger charge is -2.29. The van der Waals surface area contributed by atoms with Crippen LogP contribution in [-0.4, -0.2) is 25.5 Å². The zero-order valence-electron chi connectivity index (χ0n) is 14.0. The van der Waals surface area contributed by atoms with E-state index >= 15 is 0 Å². The van der Waals surface area contributed by atoms with Crippen molar-refractivity contribution in [2.45, 2.75) is 65.2 Å². The van der Waals surface area contributed by atoms with Gasteiger partial charge in [-0.05, 0) is 62.4 Å². The van der Waals surface area contributed by atoms with E-state index in [0.717, 1.165) is 31.5 Å². The van der Waals surface area contributed by atoms with E-state index < -0.39 is 0 Å². The SMILES string of the molecule is CCC1CCC(CNC(=O)CC(C)C2CCCNC2)CC1. The molecule has 0 aromatic heterocycles. The molecule has 0 bridgehead atoms. The molecule has 2 fully saturated rings. The molecule has 1 aliphatic carbocycles. The van der Waals surface area contributed by atoms with Crippen LogP contribution in [0.2, 0.25) is 0 Å². The van der Waals surface area contributed by atoms with Crippen LogP contribution in [0.15, 0.2) is 0 Å². The van der Waals surface area contributed by atoms with Gasteiger partial charge in [0.2, 0.25) is 5.91 Å². The Kier molecular flexibility index (Phi) is 7.01. The first kappa shape index (κ1) is 16.8. The topological polar surface area (TPSA) is 41.1 Å². The summed E-state index contributed by atoms with van der Waals surface area (Å²) in [6, 6.07) is 0. The van der Waals surface area contributed by atoms with Crippen LogP contribution in [0.5, 0.6) is 0 Å². The van der Waals surface area contributed by atoms with E-state index in [-0.39, 0.29) is 5.91 Å². The third-order valence-corrected chi connectivity index (χ3v) is 5.78. The Morgan fingerprint density at radius 2 is 1.90 bits per heavy atom. The lowest BCUT2D eigenvalue weighted by molar-refractivity contribution is -0.122. The standard InChI is InChI=1S/C18H34N2O/c1-3-15-6-8-16(9-7-15)12-20-18(21)11-14(2)17-5-4-10-19-13-17/h14-17,19H,3-13H2,1-2H3,(H,20,21). The van der Waals surface area contributed by atoms with Crippen molar-refractivity contribution in [3.05, 3.63) is 0 Å². The highest BCUT2D eigenvalue weighted by Crippen LogP contribution is 2.30. The Morgan fingerprint density at radius 3 is 2.52 bits per heavy atom. The highest BCUT2D eigenvalue weighted by molar-refractivity contribution is 5.76. The third kappa shape index (κ3) is 5.61. The molecule has 2 unspecified atom stereocenters. The molecule has 0 aromatic rings. The molecular weight excluding hydrogens is 260 g/mol. The van der Waals surface area contributed by atoms with E-state index in [1.807, 2.05) is 0 Å². The number of piperidine rings is 1. The first-order valence-corrected chi connectivity index (χ1v) is 9.16. The van der Waals surface area contributed by atoms with Gasteiger partial charge < -0.3 is 10.6 Å². The van der Waals surface area contributed by atoms with Gasteiger partial charge in [0.15, 0.2) is 0 Å². The summed E-state index contributed by atoms with van der Waals surface area (Å²) >= 11 is 0. The second-order valence-electron chi connectivity index (χ2n) is 7.39. The Hall–Kier alpha value is -0.570. The van der Waals surface area contributed by atoms with Gasteiger partial charge in [0, 0.05) is 13.0 Å². The van der Waals surface area contributed by atoms with Crippen LogP contribution in [-0.2, 0) is 4.79 Å². The fourth-order valence-corrected chi connectivity index (χ4v) is 4.00. The van der Waals surface area contributed by atoms with Gasteiger partial charge in [-0.3, -0.25) is 4.79 Å². The fraction of sp³-hybridized carbons (Fsp3) is 0.944. The van der Waals surface area contributed by atoms with Crippen molar-refractivity contribution in [2.75, 3.05) is 19.6 Å². The molecule has 3 heteroatoms. The van der Waals surface area contributed by atoms with Crippen molar-refractivity contribution in [1.82, 2.24) is 10.6 Å². The van der Waals surface area contributed by atoms with Crippen LogP contribution >= 0.6 is 0 Å². The van der Waals surface area contributed by atoms with Gasteiger partial charge in [-0.1, -0.05) is 33.1 Å². The molecular formula is C18H34N2O. The molecule has 1 saturated carbocycles. The lowest BCUT2D eigenvalue weighted by atomic mass is 9.81. The molecule has 2 aliphatic rings. The summed E-state index contributed by atoms with van der Waals surface area (Å²) in [5, 5.41) is 6.65. The summed E-state index contributed by atoms with van der Waals surface area (Å²) in [5.74, 6) is 3.13. The molecule has 1 amide bonds. The molecule has 122 valence electrons. The molecule has 1 aliphatic heterocycles. The maximum atomic E-state index is 12.1. The Balaban J connectivity index is 1.61. The molecule has 3 nitrogen and oxygen atoms in total. The van der Waals surface area contributed by atoms with Crippen molar-refractivity contribution >= 4 is 5.91 Å². The average molecular weight is 294 g/mol. The number of hydrogen-bond acceptors (Lipinski definition) is 2. The minimum Gasteiger partial charge on any atom is -0.356 e. The average Bonchev–Trinajstić information content (AvgIpc) is 2.54. The monoisotopic (exact) mass is 294 g/mol. The highest BCUT2D eigenvalue weighted by Gasteiger charge is 2.23. The van der Waals surface area contributed by atoms with E-state index in [2.05, 4.69) is 24.5 Å². The molecule has 2 rings (SSSR count). The van der Waals surface area contributed by atoms with Crippen molar-refractivity contribution in [3.8, 4) is 0 Å². The van der Waals surface area contributed by atoms with Gasteiger partial charge in [-0.15, -0.1) is 0 Å². The van der Waals surface area contributed by atoms with Crippen LogP contribution in [0.4, 0.5) is 0 Å². The maximum absolute atomic E-state index is 12.1. The molecule has 0 radical (unpaired) electrons. The molecule has 21 heavy (non-hydrogen) atoms. The summed E-state index contributed by atoms with van der Waals surface area (Å²) in [6.07, 6.45) is 9.91. The van der Waals surface area contributed by atoms with Crippen LogP contribution in [0.1, 0.15) is 65.2 Å². The highest BCUT2D eigenvalue weighted by atomic mass is 16.1. The van der Waals surface area contributed by atoms with Crippen molar-refractivity contribution in [1.29, 1.82) is 0 Å². The summed E-state index contributed by atoms with van der Waals surface area (Å²) in [7, 11) is 0. The van der Waals surface area contributed by atoms with Gasteiger partial charge in [-0.25, -0.2) is 0 Å². The number of nitrogens with one attached hydrogen (secondary N) is 2. The second kappa shape index (κ2) is 8.77. The van der Waals surface area contributed by atoms with E-state index in [1.54, 1.807) is 0 Å². The first-order chi connectivity index (χ1) is 10.2. The normalized spacial score (nSPS) is 31.6. The quantitative estimate of drug-likeness (QED) is 0.789. The minimum absolute atomic E-state index is 0.269. The number of hydrogen-bond donors (Lipinski definition) is 2. The van der Waals surface area contributed by atoms with Crippen LogP contribution < -0.4 is 10.6 Å². The predicted molar refractivity (Wildman–Crippen MR) is 88.1 cm³/mol. The Morgan fingerprint density at radius 1 is 1.19 bits per heavy atom. The molecule has 1 saturated heterocycles.